The number of fused-ring (bicyclic) bond motifs is 1. The third-order valence-electron chi connectivity index (χ3n) is 4.08. The van der Waals surface area contributed by atoms with E-state index in [9.17, 15) is 0 Å². The number of piperidine rings is 1. The first-order valence-corrected chi connectivity index (χ1v) is 6.91. The molecule has 0 aromatic carbocycles. The van der Waals surface area contributed by atoms with Crippen molar-refractivity contribution in [2.45, 2.75) is 32.4 Å². The van der Waals surface area contributed by atoms with E-state index in [1.165, 1.54) is 19.4 Å². The minimum atomic E-state index is 0.660. The number of allylic oxidation sites excluding steroid dienone is 1. The maximum absolute atomic E-state index is 4.68. The minimum absolute atomic E-state index is 0.660. The molecule has 1 aromatic rings. The molecule has 0 aliphatic carbocycles. The molecule has 2 aliphatic heterocycles. The summed E-state index contributed by atoms with van der Waals surface area (Å²) in [6.45, 7) is 10.1. The molecule has 1 aromatic heterocycles. The molecular formula is C14H22N4. The lowest BCUT2D eigenvalue weighted by molar-refractivity contribution is 0.340. The van der Waals surface area contributed by atoms with Crippen LogP contribution in [0, 0.1) is 12.8 Å². The van der Waals surface area contributed by atoms with E-state index < -0.39 is 0 Å². The average Bonchev–Trinajstić information content (AvgIpc) is 2.92. The van der Waals surface area contributed by atoms with Gasteiger partial charge in [0.05, 0.1) is 5.69 Å². The van der Waals surface area contributed by atoms with E-state index in [0.717, 1.165) is 37.2 Å². The van der Waals surface area contributed by atoms with Crippen molar-refractivity contribution < 1.29 is 0 Å². The minimum Gasteiger partial charge on any atom is -0.340 e. The van der Waals surface area contributed by atoms with Gasteiger partial charge in [0.2, 0.25) is 5.95 Å². The molecule has 3 heterocycles. The molecule has 2 aliphatic rings. The summed E-state index contributed by atoms with van der Waals surface area (Å²) >= 11 is 0. The molecule has 4 heteroatoms. The van der Waals surface area contributed by atoms with Gasteiger partial charge in [0.15, 0.2) is 0 Å². The highest BCUT2D eigenvalue weighted by atomic mass is 15.3. The summed E-state index contributed by atoms with van der Waals surface area (Å²) in [5.41, 5.74) is 1.09. The second kappa shape index (κ2) is 4.76. The largest absolute Gasteiger partial charge is 0.340 e. The molecule has 0 saturated carbocycles. The van der Waals surface area contributed by atoms with Gasteiger partial charge in [-0.25, -0.2) is 4.98 Å². The molecule has 1 N–H and O–H groups in total. The van der Waals surface area contributed by atoms with Crippen LogP contribution in [0.15, 0.2) is 18.9 Å². The van der Waals surface area contributed by atoms with Gasteiger partial charge in [-0.2, -0.15) is 0 Å². The molecule has 98 valence electrons. The first kappa shape index (κ1) is 11.8. The van der Waals surface area contributed by atoms with Crippen LogP contribution in [0.5, 0.6) is 0 Å². The molecule has 0 bridgehead atoms. The van der Waals surface area contributed by atoms with Gasteiger partial charge in [-0.3, -0.25) is 0 Å². The molecule has 18 heavy (non-hydrogen) atoms. The lowest BCUT2D eigenvalue weighted by Crippen LogP contribution is -2.40. The van der Waals surface area contributed by atoms with E-state index in [2.05, 4.69) is 39.5 Å². The number of nitrogens with zero attached hydrogens (tertiary/aromatic N) is 3. The summed E-state index contributed by atoms with van der Waals surface area (Å²) < 4.78 is 2.21. The van der Waals surface area contributed by atoms with E-state index in [0.29, 0.717) is 6.04 Å². The number of aromatic nitrogens is 2. The zero-order chi connectivity index (χ0) is 12.5. The van der Waals surface area contributed by atoms with E-state index in [-0.39, 0.29) is 0 Å². The van der Waals surface area contributed by atoms with Crippen LogP contribution in [-0.2, 0) is 6.54 Å². The van der Waals surface area contributed by atoms with Gasteiger partial charge in [0, 0.05) is 31.9 Å². The Morgan fingerprint density at radius 2 is 2.44 bits per heavy atom. The van der Waals surface area contributed by atoms with Crippen molar-refractivity contribution in [3.8, 4) is 0 Å². The van der Waals surface area contributed by atoms with Crippen molar-refractivity contribution >= 4 is 5.95 Å². The Balaban J connectivity index is 1.80. The predicted octanol–water partition coefficient (Wildman–Crippen LogP) is 1.57. The predicted molar refractivity (Wildman–Crippen MR) is 73.9 cm³/mol. The maximum atomic E-state index is 4.68. The van der Waals surface area contributed by atoms with Crippen LogP contribution in [0.3, 0.4) is 0 Å². The summed E-state index contributed by atoms with van der Waals surface area (Å²) in [6, 6.07) is 0.660. The molecule has 0 unspecified atom stereocenters. The van der Waals surface area contributed by atoms with Crippen molar-refractivity contribution in [3.63, 3.8) is 0 Å². The summed E-state index contributed by atoms with van der Waals surface area (Å²) in [4.78, 5) is 7.12. The van der Waals surface area contributed by atoms with Gasteiger partial charge in [0.25, 0.3) is 0 Å². The summed E-state index contributed by atoms with van der Waals surface area (Å²) in [6.07, 6.45) is 6.73. The van der Waals surface area contributed by atoms with Crippen LogP contribution in [-0.4, -0.2) is 35.2 Å². The number of anilines is 1. The topological polar surface area (TPSA) is 33.1 Å². The van der Waals surface area contributed by atoms with Crippen LogP contribution >= 0.6 is 0 Å². The number of imidazole rings is 1. The van der Waals surface area contributed by atoms with Gasteiger partial charge < -0.3 is 14.8 Å². The Hall–Kier alpha value is -1.29. The maximum Gasteiger partial charge on any atom is 0.206 e. The van der Waals surface area contributed by atoms with Crippen molar-refractivity contribution in [1.82, 2.24) is 14.9 Å². The van der Waals surface area contributed by atoms with E-state index in [4.69, 9.17) is 0 Å². The fourth-order valence-corrected chi connectivity index (χ4v) is 3.27. The zero-order valence-corrected chi connectivity index (χ0v) is 11.1. The van der Waals surface area contributed by atoms with E-state index >= 15 is 0 Å². The molecule has 0 spiro atoms. The zero-order valence-electron chi connectivity index (χ0n) is 11.1. The molecule has 0 amide bonds. The van der Waals surface area contributed by atoms with Gasteiger partial charge >= 0.3 is 0 Å². The van der Waals surface area contributed by atoms with Crippen LogP contribution in [0.4, 0.5) is 5.95 Å². The number of hydrogen-bond donors (Lipinski definition) is 1. The molecule has 0 radical (unpaired) electrons. The third kappa shape index (κ3) is 2.05. The van der Waals surface area contributed by atoms with Crippen LogP contribution < -0.4 is 10.2 Å². The van der Waals surface area contributed by atoms with Gasteiger partial charge in [-0.15, -0.1) is 6.58 Å². The fraction of sp³-hybridized carbons (Fsp3) is 0.643. The van der Waals surface area contributed by atoms with Crippen molar-refractivity contribution in [2.24, 2.45) is 5.92 Å². The second-order valence-corrected chi connectivity index (χ2v) is 5.49. The molecule has 4 nitrogen and oxygen atoms in total. The van der Waals surface area contributed by atoms with Crippen LogP contribution in [0.2, 0.25) is 0 Å². The lowest BCUT2D eigenvalue weighted by atomic mass is 9.94. The standard InChI is InChI=1S/C14H22N4/c1-3-7-17-8-11(2)16-14(17)18-9-12-5-4-6-15-13(12)10-18/h3,8,12-13,15H,1,4-7,9-10H2,2H3/t12-,13+/m0/s1. The molecule has 2 fully saturated rings. The number of hydrogen-bond acceptors (Lipinski definition) is 3. The Bertz CT molecular complexity index is 423. The smallest absolute Gasteiger partial charge is 0.206 e. The molecular weight excluding hydrogens is 224 g/mol. The normalized spacial score (nSPS) is 27.3. The summed E-state index contributed by atoms with van der Waals surface area (Å²) in [7, 11) is 0. The van der Waals surface area contributed by atoms with Gasteiger partial charge in [0.1, 0.15) is 0 Å². The van der Waals surface area contributed by atoms with Gasteiger partial charge in [-0.1, -0.05) is 6.08 Å². The third-order valence-corrected chi connectivity index (χ3v) is 4.08. The first-order chi connectivity index (χ1) is 8.78. The highest BCUT2D eigenvalue weighted by Crippen LogP contribution is 2.28. The molecule has 2 atom stereocenters. The van der Waals surface area contributed by atoms with Gasteiger partial charge in [-0.05, 0) is 32.2 Å². The fourth-order valence-electron chi connectivity index (χ4n) is 3.27. The monoisotopic (exact) mass is 246 g/mol. The first-order valence-electron chi connectivity index (χ1n) is 6.91. The Kier molecular flexibility index (Phi) is 3.12. The number of rotatable bonds is 3. The Morgan fingerprint density at radius 1 is 1.56 bits per heavy atom. The van der Waals surface area contributed by atoms with E-state index in [1.807, 2.05) is 6.08 Å². The highest BCUT2D eigenvalue weighted by Gasteiger charge is 2.35. The molecule has 3 rings (SSSR count). The van der Waals surface area contributed by atoms with E-state index in [1.54, 1.807) is 0 Å². The average molecular weight is 246 g/mol. The summed E-state index contributed by atoms with van der Waals surface area (Å²) in [5.74, 6) is 1.91. The molecule has 2 saturated heterocycles. The Labute approximate surface area is 109 Å². The SMILES string of the molecule is C=CCn1cc(C)nc1N1C[C@@H]2CCCN[C@@H]2C1. The Morgan fingerprint density at radius 3 is 3.22 bits per heavy atom. The number of aryl methyl sites for hydroxylation is 1. The highest BCUT2D eigenvalue weighted by molar-refractivity contribution is 5.36. The van der Waals surface area contributed by atoms with Crippen molar-refractivity contribution in [1.29, 1.82) is 0 Å². The van der Waals surface area contributed by atoms with Crippen LogP contribution in [0.1, 0.15) is 18.5 Å². The number of nitrogens with one attached hydrogen (secondary N) is 1. The quantitative estimate of drug-likeness (QED) is 0.822. The van der Waals surface area contributed by atoms with Crippen molar-refractivity contribution in [3.05, 3.63) is 24.5 Å². The second-order valence-electron chi connectivity index (χ2n) is 5.49. The van der Waals surface area contributed by atoms with Crippen LogP contribution in [0.25, 0.3) is 0 Å². The summed E-state index contributed by atoms with van der Waals surface area (Å²) in [5, 5.41) is 3.64. The van der Waals surface area contributed by atoms with Crippen molar-refractivity contribution in [2.75, 3.05) is 24.5 Å². The lowest BCUT2D eigenvalue weighted by Gasteiger charge is -2.24.